The summed E-state index contributed by atoms with van der Waals surface area (Å²) in [5, 5.41) is 7.57. The van der Waals surface area contributed by atoms with Crippen molar-refractivity contribution in [3.63, 3.8) is 0 Å². The van der Waals surface area contributed by atoms with Gasteiger partial charge in [0, 0.05) is 6.61 Å². The van der Waals surface area contributed by atoms with Crippen molar-refractivity contribution in [2.75, 3.05) is 6.61 Å². The van der Waals surface area contributed by atoms with Crippen LogP contribution in [0.1, 0.15) is 47.0 Å². The minimum Gasteiger partial charge on any atom is -0.664 e. The molecule has 0 aromatic heterocycles. The summed E-state index contributed by atoms with van der Waals surface area (Å²) in [4.78, 5) is 4.96. The van der Waals surface area contributed by atoms with Gasteiger partial charge in [0.25, 0.3) is 0 Å². The maximum absolute atomic E-state index is 7.57. The van der Waals surface area contributed by atoms with Crippen LogP contribution < -0.4 is 0 Å². The van der Waals surface area contributed by atoms with Gasteiger partial charge >= 0.3 is 21.7 Å². The van der Waals surface area contributed by atoms with E-state index in [0.717, 1.165) is 5.54 Å². The van der Waals surface area contributed by atoms with Crippen molar-refractivity contribution in [2.24, 2.45) is 0 Å². The van der Waals surface area contributed by atoms with Gasteiger partial charge in [-0.15, -0.1) is 6.04 Å². The first-order valence-corrected chi connectivity index (χ1v) is 9.52. The fourth-order valence-electron chi connectivity index (χ4n) is 2.72. The number of aliphatic hydroxyl groups is 1. The summed E-state index contributed by atoms with van der Waals surface area (Å²) in [7, 11) is -1.31. The first kappa shape index (κ1) is 23.9. The van der Waals surface area contributed by atoms with Gasteiger partial charge in [-0.3, -0.25) is 0 Å². The molecule has 0 heterocycles. The Morgan fingerprint density at radius 3 is 2.11 bits per heavy atom. The molecule has 1 aliphatic carbocycles. The van der Waals surface area contributed by atoms with Gasteiger partial charge in [0.2, 0.25) is 0 Å². The summed E-state index contributed by atoms with van der Waals surface area (Å²) in [6.45, 7) is 13.5. The van der Waals surface area contributed by atoms with Gasteiger partial charge in [-0.25, -0.2) is 0 Å². The van der Waals surface area contributed by atoms with E-state index in [2.05, 4.69) is 33.9 Å². The Kier molecular flexibility index (Phi) is 15.5. The van der Waals surface area contributed by atoms with E-state index in [-0.39, 0.29) is 35.8 Å². The molecule has 0 spiro atoms. The van der Waals surface area contributed by atoms with Crippen LogP contribution in [0, 0.1) is 13.3 Å². The maximum Gasteiger partial charge on any atom is 3.00 e. The summed E-state index contributed by atoms with van der Waals surface area (Å²) in [6, 6.07) is 0.523. The number of hydrogen-bond donors (Lipinski definition) is 1. The van der Waals surface area contributed by atoms with Crippen LogP contribution in [0.2, 0.25) is 18.6 Å². The number of rotatable bonds is 3. The molecule has 1 saturated carbocycles. The van der Waals surface area contributed by atoms with Crippen LogP contribution in [0.3, 0.4) is 0 Å². The Labute approximate surface area is 131 Å². The minimum absolute atomic E-state index is 0. The number of nitrogens with zero attached hydrogens (tertiary/aromatic N) is 1. The molecule has 0 saturated heterocycles. The number of hydrogen-bond acceptors (Lipinski definition) is 1. The van der Waals surface area contributed by atoms with Crippen LogP contribution >= 0.6 is 0 Å². The summed E-state index contributed by atoms with van der Waals surface area (Å²) in [5.41, 5.74) is 0.870. The molecule has 0 bridgehead atoms. The predicted octanol–water partition coefficient (Wildman–Crippen LogP) is 4.57. The minimum atomic E-state index is -1.31. The Morgan fingerprint density at radius 2 is 1.83 bits per heavy atom. The fraction of sp³-hybridized carbons (Fsp3) is 0.857. The Bertz CT molecular complexity index is 189. The van der Waals surface area contributed by atoms with Crippen molar-refractivity contribution in [1.29, 1.82) is 0 Å². The summed E-state index contributed by atoms with van der Waals surface area (Å²) in [5.74, 6) is 1.72. The topological polar surface area (TPSA) is 34.3 Å². The van der Waals surface area contributed by atoms with Crippen molar-refractivity contribution in [1.82, 2.24) is 0 Å². The molecule has 18 heavy (non-hydrogen) atoms. The zero-order valence-corrected chi connectivity index (χ0v) is 15.9. The van der Waals surface area contributed by atoms with Crippen LogP contribution in [0.25, 0.3) is 4.98 Å². The van der Waals surface area contributed by atoms with Gasteiger partial charge < -0.3 is 23.4 Å². The van der Waals surface area contributed by atoms with Crippen LogP contribution in [0.4, 0.5) is 0 Å². The standard InChI is InChI=1S/C11H23NSi.C2H6O.CH3.Ti/c1-9(2)12-13(4,5)11-8-6-7-10(11)3;1-2-3;;/h9,11H,6-8H2,1-5H3;3H,2H2,1H3;1H3;/q-2;;-1;+3. The molecule has 1 radical (unpaired) electrons. The van der Waals surface area contributed by atoms with E-state index in [4.69, 9.17) is 10.1 Å². The molecule has 0 aromatic carbocycles. The monoisotopic (exact) mass is 306 g/mol. The Morgan fingerprint density at radius 1 is 1.39 bits per heavy atom. The summed E-state index contributed by atoms with van der Waals surface area (Å²) < 4.78 is 0. The quantitative estimate of drug-likeness (QED) is 0.601. The van der Waals surface area contributed by atoms with E-state index in [1.165, 1.54) is 19.3 Å². The van der Waals surface area contributed by atoms with Gasteiger partial charge in [-0.05, 0) is 6.92 Å². The summed E-state index contributed by atoms with van der Waals surface area (Å²) >= 11 is 0. The second-order valence-electron chi connectivity index (χ2n) is 5.48. The van der Waals surface area contributed by atoms with Crippen molar-refractivity contribution in [3.05, 3.63) is 18.3 Å². The van der Waals surface area contributed by atoms with Crippen LogP contribution in [-0.2, 0) is 21.7 Å². The molecule has 1 atom stereocenters. The van der Waals surface area contributed by atoms with Crippen molar-refractivity contribution in [3.8, 4) is 0 Å². The van der Waals surface area contributed by atoms with E-state index in [1.54, 1.807) is 12.8 Å². The fourth-order valence-corrected chi connectivity index (χ4v) is 6.49. The van der Waals surface area contributed by atoms with Crippen molar-refractivity contribution < 1.29 is 26.8 Å². The Hall–Kier alpha value is 0.851. The average molecular weight is 306 g/mol. The van der Waals surface area contributed by atoms with E-state index in [1.807, 2.05) is 0 Å². The first-order chi connectivity index (χ1) is 7.35. The zero-order valence-electron chi connectivity index (χ0n) is 13.4. The van der Waals surface area contributed by atoms with Crippen LogP contribution in [0.5, 0.6) is 0 Å². The van der Waals surface area contributed by atoms with Gasteiger partial charge in [-0.1, -0.05) is 48.0 Å². The molecular formula is C14H32NOSiTi. The zero-order chi connectivity index (χ0) is 12.8. The van der Waals surface area contributed by atoms with Gasteiger partial charge in [0.1, 0.15) is 0 Å². The molecule has 0 aromatic rings. The molecule has 1 N–H and O–H groups in total. The average Bonchev–Trinajstić information content (AvgIpc) is 2.50. The number of aliphatic hydroxyl groups excluding tert-OH is 1. The van der Waals surface area contributed by atoms with Crippen LogP contribution in [-0.4, -0.2) is 26.0 Å². The second kappa shape index (κ2) is 11.7. The van der Waals surface area contributed by atoms with E-state index >= 15 is 0 Å². The molecule has 107 valence electrons. The van der Waals surface area contributed by atoms with E-state index in [9.17, 15) is 0 Å². The maximum atomic E-state index is 7.57. The molecule has 1 aliphatic rings. The normalized spacial score (nSPS) is 19.7. The van der Waals surface area contributed by atoms with Crippen LogP contribution in [0.15, 0.2) is 0 Å². The third kappa shape index (κ3) is 8.87. The molecule has 2 nitrogen and oxygen atoms in total. The third-order valence-electron chi connectivity index (χ3n) is 3.10. The smallest absolute Gasteiger partial charge is 0.664 e. The molecule has 4 heteroatoms. The predicted molar refractivity (Wildman–Crippen MR) is 81.7 cm³/mol. The summed E-state index contributed by atoms with van der Waals surface area (Å²) in [6.07, 6.45) is 4.16. The van der Waals surface area contributed by atoms with Gasteiger partial charge in [-0.2, -0.15) is 18.9 Å². The van der Waals surface area contributed by atoms with Gasteiger partial charge in [0.05, 0.1) is 0 Å². The molecule has 0 aliphatic heterocycles. The van der Waals surface area contributed by atoms with Crippen molar-refractivity contribution in [2.45, 2.75) is 71.6 Å². The largest absolute Gasteiger partial charge is 3.00 e. The van der Waals surface area contributed by atoms with E-state index < -0.39 is 8.24 Å². The molecule has 1 rings (SSSR count). The van der Waals surface area contributed by atoms with Crippen molar-refractivity contribution >= 4 is 8.24 Å². The molecule has 0 amide bonds. The van der Waals surface area contributed by atoms with E-state index in [0.29, 0.717) is 6.04 Å². The first-order valence-electron chi connectivity index (χ1n) is 6.50. The molecule has 1 unspecified atom stereocenters. The second-order valence-corrected chi connectivity index (χ2v) is 9.75. The molecule has 1 fully saturated rings. The Balaban J connectivity index is -0.000000410. The molecular weight excluding hydrogens is 274 g/mol. The SMILES string of the molecule is CCO.C[C-]1CCCC1[Si](C)(C)[N-]C(C)C.[CH3-].[Ti+3]. The van der Waals surface area contributed by atoms with Gasteiger partial charge in [0.15, 0.2) is 0 Å². The third-order valence-corrected chi connectivity index (χ3v) is 6.77.